The van der Waals surface area contributed by atoms with E-state index in [0.717, 1.165) is 0 Å². The lowest BCUT2D eigenvalue weighted by molar-refractivity contribution is -0.270. The fourth-order valence-corrected chi connectivity index (χ4v) is 0.797. The highest BCUT2D eigenvalue weighted by atomic mass is 32.2. The molecule has 6 heteroatoms. The molecule has 52 valence electrons. The summed E-state index contributed by atoms with van der Waals surface area (Å²) in [6, 6.07) is -0.653. The Labute approximate surface area is 62.1 Å². The highest BCUT2D eigenvalue weighted by Crippen LogP contribution is 1.93. The molecular weight excluding hydrogens is 160 g/mol. The van der Waals surface area contributed by atoms with Gasteiger partial charge in [-0.3, -0.25) is 4.79 Å². The number of carbonyl (C=O) groups is 1. The van der Waals surface area contributed by atoms with Gasteiger partial charge in [-0.15, -0.1) is 0 Å². The molecular formula is C3H7N2O2S2+. The second kappa shape index (κ2) is 4.78. The maximum Gasteiger partial charge on any atom is 0.288 e. The van der Waals surface area contributed by atoms with Crippen molar-refractivity contribution in [3.8, 4) is 0 Å². The highest BCUT2D eigenvalue weighted by molar-refractivity contribution is 8.07. The van der Waals surface area contributed by atoms with Crippen LogP contribution in [0.25, 0.3) is 0 Å². The van der Waals surface area contributed by atoms with Crippen LogP contribution in [0.2, 0.25) is 0 Å². The van der Waals surface area contributed by atoms with Gasteiger partial charge in [-0.25, -0.2) is 0 Å². The molecule has 3 N–H and O–H groups in total. The van der Waals surface area contributed by atoms with Crippen LogP contribution in [0.3, 0.4) is 0 Å². The first kappa shape index (κ1) is 8.93. The third-order valence-corrected chi connectivity index (χ3v) is 1.62. The summed E-state index contributed by atoms with van der Waals surface area (Å²) in [6.07, 6.45) is 0. The molecule has 0 saturated heterocycles. The molecule has 1 atom stereocenters. The van der Waals surface area contributed by atoms with Crippen molar-refractivity contribution in [3.05, 3.63) is 4.91 Å². The molecule has 9 heavy (non-hydrogen) atoms. The minimum Gasteiger partial charge on any atom is -0.320 e. The fourth-order valence-electron chi connectivity index (χ4n) is 0.191. The number of thiol groups is 1. The average molecular weight is 167 g/mol. The molecule has 0 aliphatic carbocycles. The largest absolute Gasteiger partial charge is 0.320 e. The molecule has 0 aliphatic rings. The predicted molar refractivity (Wildman–Crippen MR) is 38.8 cm³/mol. The Hall–Kier alpha value is -0.0700. The second-order valence-corrected chi connectivity index (χ2v) is 2.43. The van der Waals surface area contributed by atoms with Gasteiger partial charge in [0.1, 0.15) is 0 Å². The molecule has 0 aromatic carbocycles. The Balaban J connectivity index is 3.58. The smallest absolute Gasteiger partial charge is 0.288 e. The van der Waals surface area contributed by atoms with Gasteiger partial charge in [0.25, 0.3) is 17.1 Å². The van der Waals surface area contributed by atoms with E-state index in [0.29, 0.717) is 11.9 Å². The number of rotatable bonds is 3. The highest BCUT2D eigenvalue weighted by Gasteiger charge is 2.16. The third kappa shape index (κ3) is 3.50. The first-order valence-corrected chi connectivity index (χ1v) is 3.61. The van der Waals surface area contributed by atoms with Crippen LogP contribution in [0.1, 0.15) is 0 Å². The molecule has 0 aliphatic heterocycles. The molecule has 0 radical (unpaired) electrons. The minimum absolute atomic E-state index is 0.257. The van der Waals surface area contributed by atoms with Gasteiger partial charge in [0, 0.05) is 10.7 Å². The van der Waals surface area contributed by atoms with Crippen LogP contribution in [0.15, 0.2) is 0 Å². The van der Waals surface area contributed by atoms with E-state index in [-0.39, 0.29) is 10.9 Å². The number of carbonyl (C=O) groups excluding carboxylic acids is 1. The minimum atomic E-state index is -0.653. The molecule has 0 unspecified atom stereocenters. The van der Waals surface area contributed by atoms with Crippen molar-refractivity contribution in [1.82, 2.24) is 0 Å². The van der Waals surface area contributed by atoms with E-state index in [1.165, 1.54) is 4.58 Å². The number of nitrogens with one attached hydrogen (secondary N) is 1. The summed E-state index contributed by atoms with van der Waals surface area (Å²) in [5, 5.41) is -0.389. The number of nitrogens with two attached hydrogens (primary N) is 1. The molecule has 0 fully saturated rings. The van der Waals surface area contributed by atoms with Crippen molar-refractivity contribution in [2.24, 2.45) is 5.73 Å². The number of nitroso groups, excluding NO2 is 1. The normalized spacial score (nSPS) is 12.7. The fraction of sp³-hybridized carbons (Fsp3) is 0.667. The summed E-state index contributed by atoms with van der Waals surface area (Å²) >= 11 is 4.20. The number of hydrogen-bond acceptors (Lipinski definition) is 5. The summed E-state index contributed by atoms with van der Waals surface area (Å²) in [7, 11) is 0. The lowest BCUT2D eigenvalue weighted by Gasteiger charge is -1.96. The van der Waals surface area contributed by atoms with E-state index in [4.69, 9.17) is 5.73 Å². The van der Waals surface area contributed by atoms with Crippen molar-refractivity contribution in [2.75, 3.05) is 5.75 Å². The molecule has 0 aromatic rings. The maximum absolute atomic E-state index is 10.5. The summed E-state index contributed by atoms with van der Waals surface area (Å²) < 4.78 is 1.39. The van der Waals surface area contributed by atoms with E-state index in [1.54, 1.807) is 0 Å². The van der Waals surface area contributed by atoms with E-state index in [1.807, 2.05) is 0 Å². The van der Waals surface area contributed by atoms with Crippen LogP contribution < -0.4 is 10.3 Å². The molecule has 0 saturated carbocycles. The van der Waals surface area contributed by atoms with Crippen molar-refractivity contribution in [3.63, 3.8) is 0 Å². The summed E-state index contributed by atoms with van der Waals surface area (Å²) in [5.74, 6) is 0.257. The predicted octanol–water partition coefficient (Wildman–Crippen LogP) is -1.73. The summed E-state index contributed by atoms with van der Waals surface area (Å²) in [6.45, 7) is 0. The third-order valence-electron chi connectivity index (χ3n) is 0.642. The lowest BCUT2D eigenvalue weighted by atomic mass is 10.4. The van der Waals surface area contributed by atoms with Gasteiger partial charge in [-0.2, -0.15) is 12.6 Å². The zero-order chi connectivity index (χ0) is 7.28. The zero-order valence-electron chi connectivity index (χ0n) is 4.53. The topological polar surface area (TPSA) is 74.1 Å². The monoisotopic (exact) mass is 167 g/mol. The van der Waals surface area contributed by atoms with Crippen LogP contribution in [-0.4, -0.2) is 16.9 Å². The lowest BCUT2D eigenvalue weighted by Crippen LogP contribution is -2.56. The number of hydrogen-bond donors (Lipinski definition) is 3. The van der Waals surface area contributed by atoms with Gasteiger partial charge >= 0.3 is 0 Å². The van der Waals surface area contributed by atoms with Crippen molar-refractivity contribution in [2.45, 2.75) is 6.04 Å². The van der Waals surface area contributed by atoms with Crippen molar-refractivity contribution >= 4 is 29.7 Å². The first-order chi connectivity index (χ1) is 4.22. The zero-order valence-corrected chi connectivity index (χ0v) is 6.24. The van der Waals surface area contributed by atoms with Crippen LogP contribution in [-0.2, 0) is 4.79 Å². The molecule has 0 amide bonds. The van der Waals surface area contributed by atoms with Gasteiger partial charge in [0.2, 0.25) is 0 Å². The van der Waals surface area contributed by atoms with Crippen LogP contribution in [0.4, 0.5) is 0 Å². The van der Waals surface area contributed by atoms with Gasteiger partial charge < -0.3 is 5.73 Å². The van der Waals surface area contributed by atoms with E-state index in [2.05, 4.69) is 12.6 Å². The van der Waals surface area contributed by atoms with E-state index < -0.39 is 6.04 Å². The second-order valence-electron chi connectivity index (χ2n) is 1.29. The SMILES string of the molecule is N[C@@H](CS)C(=O)S[NH+]=O. The molecule has 0 rings (SSSR count). The Bertz CT molecular complexity index is 118. The van der Waals surface area contributed by atoms with E-state index in [9.17, 15) is 9.70 Å². The Morgan fingerprint density at radius 1 is 1.89 bits per heavy atom. The Morgan fingerprint density at radius 2 is 2.44 bits per heavy atom. The van der Waals surface area contributed by atoms with Crippen molar-refractivity contribution < 1.29 is 9.38 Å². The average Bonchev–Trinajstić information content (AvgIpc) is 1.87. The van der Waals surface area contributed by atoms with Crippen molar-refractivity contribution in [1.29, 1.82) is 0 Å². The van der Waals surface area contributed by atoms with Crippen LogP contribution in [0.5, 0.6) is 0 Å². The standard InChI is InChI=1S/C3H6N2O2S2/c4-2(1-8)3(6)9-5-7/h2,8H,1,4H2/p+1/t2-/m0/s1. The first-order valence-electron chi connectivity index (χ1n) is 2.16. The molecule has 0 bridgehead atoms. The molecule has 4 nitrogen and oxygen atoms in total. The Kier molecular flexibility index (Phi) is 4.74. The van der Waals surface area contributed by atoms with Gasteiger partial charge in [0.15, 0.2) is 0 Å². The summed E-state index contributed by atoms with van der Waals surface area (Å²) in [5.41, 5.74) is 5.18. The maximum atomic E-state index is 10.5. The van der Waals surface area contributed by atoms with Gasteiger partial charge in [-0.05, 0) is 0 Å². The van der Waals surface area contributed by atoms with Crippen LogP contribution >= 0.6 is 24.6 Å². The summed E-state index contributed by atoms with van der Waals surface area (Å²) in [4.78, 5) is 20.1. The van der Waals surface area contributed by atoms with E-state index >= 15 is 0 Å². The van der Waals surface area contributed by atoms with Gasteiger partial charge in [0.05, 0.1) is 10.6 Å². The Morgan fingerprint density at radius 3 is 2.78 bits per heavy atom. The molecule has 0 spiro atoms. The molecule has 0 aromatic heterocycles. The quantitative estimate of drug-likeness (QED) is 0.345. The van der Waals surface area contributed by atoms with Gasteiger partial charge in [-0.1, -0.05) is 0 Å². The molecule has 0 heterocycles. The van der Waals surface area contributed by atoms with Crippen LogP contribution in [0, 0.1) is 4.91 Å².